The Morgan fingerprint density at radius 2 is 2.14 bits per heavy atom. The maximum absolute atomic E-state index is 12.3. The molecule has 2 N–H and O–H groups in total. The molecule has 1 aromatic rings. The quantitative estimate of drug-likeness (QED) is 0.851. The Morgan fingerprint density at radius 3 is 2.81 bits per heavy atom. The van der Waals surface area contributed by atoms with Gasteiger partial charge in [-0.15, -0.1) is 0 Å². The lowest BCUT2D eigenvalue weighted by Crippen LogP contribution is -2.49. The Bertz CT molecular complexity index is 452. The Kier molecular flexibility index (Phi) is 4.65. The molecule has 3 heterocycles. The first-order valence-corrected chi connectivity index (χ1v) is 7.85. The van der Waals surface area contributed by atoms with Crippen LogP contribution >= 0.6 is 0 Å². The van der Waals surface area contributed by atoms with Crippen LogP contribution in [-0.4, -0.2) is 48.1 Å². The molecule has 0 spiro atoms. The molecule has 2 saturated heterocycles. The molecule has 114 valence electrons. The van der Waals surface area contributed by atoms with E-state index in [9.17, 15) is 4.79 Å². The van der Waals surface area contributed by atoms with E-state index in [1.54, 1.807) is 18.6 Å². The molecule has 3 rings (SSSR count). The average molecular weight is 289 g/mol. The average Bonchev–Trinajstić information content (AvgIpc) is 2.57. The molecule has 0 unspecified atom stereocenters. The molecule has 0 aromatic carbocycles. The van der Waals surface area contributed by atoms with E-state index >= 15 is 0 Å². The van der Waals surface area contributed by atoms with Crippen molar-refractivity contribution in [3.05, 3.63) is 18.6 Å². The van der Waals surface area contributed by atoms with Gasteiger partial charge in [-0.25, -0.2) is 4.98 Å². The van der Waals surface area contributed by atoms with Crippen LogP contribution in [-0.2, 0) is 4.79 Å². The highest BCUT2D eigenvalue weighted by molar-refractivity contribution is 5.79. The van der Waals surface area contributed by atoms with Gasteiger partial charge in [0, 0.05) is 44.0 Å². The van der Waals surface area contributed by atoms with Crippen molar-refractivity contribution in [1.29, 1.82) is 0 Å². The second-order valence-corrected chi connectivity index (χ2v) is 5.88. The van der Waals surface area contributed by atoms with Crippen LogP contribution in [0.15, 0.2) is 18.6 Å². The molecule has 1 atom stereocenters. The molecule has 0 radical (unpaired) electrons. The Morgan fingerprint density at radius 1 is 1.29 bits per heavy atom. The van der Waals surface area contributed by atoms with Gasteiger partial charge >= 0.3 is 0 Å². The Hall–Kier alpha value is -1.69. The highest BCUT2D eigenvalue weighted by atomic mass is 16.2. The molecule has 0 aliphatic carbocycles. The SMILES string of the molecule is O=C(N[C@H]1CCCNC1)C1CCN(c2cnccn2)CC1. The van der Waals surface area contributed by atoms with Crippen molar-refractivity contribution >= 4 is 11.7 Å². The maximum Gasteiger partial charge on any atom is 0.223 e. The first-order chi connectivity index (χ1) is 10.3. The summed E-state index contributed by atoms with van der Waals surface area (Å²) in [5.41, 5.74) is 0. The van der Waals surface area contributed by atoms with Crippen LogP contribution in [0, 0.1) is 5.92 Å². The predicted octanol–water partition coefficient (Wildman–Crippen LogP) is 0.561. The van der Waals surface area contributed by atoms with E-state index in [1.165, 1.54) is 0 Å². The Labute approximate surface area is 125 Å². The largest absolute Gasteiger partial charge is 0.355 e. The highest BCUT2D eigenvalue weighted by Crippen LogP contribution is 2.21. The van der Waals surface area contributed by atoms with Gasteiger partial charge in [0.15, 0.2) is 0 Å². The maximum atomic E-state index is 12.3. The van der Waals surface area contributed by atoms with Gasteiger partial charge in [-0.3, -0.25) is 9.78 Å². The van der Waals surface area contributed by atoms with Crippen molar-refractivity contribution in [3.8, 4) is 0 Å². The lowest BCUT2D eigenvalue weighted by Gasteiger charge is -2.33. The molecule has 1 amide bonds. The third-order valence-electron chi connectivity index (χ3n) is 4.38. The Balaban J connectivity index is 1.47. The first kappa shape index (κ1) is 14.3. The van der Waals surface area contributed by atoms with Crippen molar-refractivity contribution < 1.29 is 4.79 Å². The van der Waals surface area contributed by atoms with Crippen LogP contribution in [0.4, 0.5) is 5.82 Å². The van der Waals surface area contributed by atoms with Crippen molar-refractivity contribution in [2.24, 2.45) is 5.92 Å². The monoisotopic (exact) mass is 289 g/mol. The van der Waals surface area contributed by atoms with E-state index < -0.39 is 0 Å². The van der Waals surface area contributed by atoms with Gasteiger partial charge in [-0.05, 0) is 32.2 Å². The van der Waals surface area contributed by atoms with Crippen LogP contribution in [0.1, 0.15) is 25.7 Å². The number of piperidine rings is 2. The summed E-state index contributed by atoms with van der Waals surface area (Å²) < 4.78 is 0. The van der Waals surface area contributed by atoms with Crippen LogP contribution in [0.25, 0.3) is 0 Å². The smallest absolute Gasteiger partial charge is 0.223 e. The highest BCUT2D eigenvalue weighted by Gasteiger charge is 2.27. The number of hydrogen-bond donors (Lipinski definition) is 2. The van der Waals surface area contributed by atoms with E-state index in [2.05, 4.69) is 25.5 Å². The van der Waals surface area contributed by atoms with Gasteiger partial charge in [-0.2, -0.15) is 0 Å². The van der Waals surface area contributed by atoms with E-state index in [0.29, 0.717) is 6.04 Å². The molecule has 2 fully saturated rings. The van der Waals surface area contributed by atoms with Gasteiger partial charge < -0.3 is 15.5 Å². The molecule has 21 heavy (non-hydrogen) atoms. The van der Waals surface area contributed by atoms with E-state index in [-0.39, 0.29) is 11.8 Å². The summed E-state index contributed by atoms with van der Waals surface area (Å²) in [5.74, 6) is 1.27. The van der Waals surface area contributed by atoms with Gasteiger partial charge in [0.05, 0.1) is 6.20 Å². The van der Waals surface area contributed by atoms with Crippen LogP contribution < -0.4 is 15.5 Å². The molecule has 2 aliphatic rings. The van der Waals surface area contributed by atoms with Gasteiger partial charge in [0.1, 0.15) is 5.82 Å². The molecule has 6 heteroatoms. The summed E-state index contributed by atoms with van der Waals surface area (Å²) in [7, 11) is 0. The number of nitrogens with one attached hydrogen (secondary N) is 2. The zero-order valence-corrected chi connectivity index (χ0v) is 12.3. The van der Waals surface area contributed by atoms with Crippen molar-refractivity contribution in [2.45, 2.75) is 31.7 Å². The van der Waals surface area contributed by atoms with Crippen LogP contribution in [0.3, 0.4) is 0 Å². The number of carbonyl (C=O) groups is 1. The van der Waals surface area contributed by atoms with E-state index in [4.69, 9.17) is 0 Å². The van der Waals surface area contributed by atoms with E-state index in [0.717, 1.165) is 57.7 Å². The number of carbonyl (C=O) groups excluding carboxylic acids is 1. The summed E-state index contributed by atoms with van der Waals surface area (Å²) in [6.07, 6.45) is 9.21. The summed E-state index contributed by atoms with van der Waals surface area (Å²) in [4.78, 5) is 23.0. The minimum absolute atomic E-state index is 0.139. The third kappa shape index (κ3) is 3.69. The number of hydrogen-bond acceptors (Lipinski definition) is 5. The minimum atomic E-state index is 0.139. The third-order valence-corrected chi connectivity index (χ3v) is 4.38. The van der Waals surface area contributed by atoms with Crippen LogP contribution in [0.2, 0.25) is 0 Å². The van der Waals surface area contributed by atoms with Gasteiger partial charge in [0.2, 0.25) is 5.91 Å². The lowest BCUT2D eigenvalue weighted by molar-refractivity contribution is -0.126. The second-order valence-electron chi connectivity index (χ2n) is 5.88. The second kappa shape index (κ2) is 6.85. The summed E-state index contributed by atoms with van der Waals surface area (Å²) in [5, 5.41) is 6.53. The summed E-state index contributed by atoms with van der Waals surface area (Å²) in [6.45, 7) is 3.73. The molecular weight excluding hydrogens is 266 g/mol. The number of nitrogens with zero attached hydrogens (tertiary/aromatic N) is 3. The van der Waals surface area contributed by atoms with E-state index in [1.807, 2.05) is 0 Å². The zero-order valence-electron chi connectivity index (χ0n) is 12.3. The fourth-order valence-electron chi connectivity index (χ4n) is 3.12. The lowest BCUT2D eigenvalue weighted by atomic mass is 9.95. The predicted molar refractivity (Wildman–Crippen MR) is 81.0 cm³/mol. The number of amides is 1. The molecule has 0 bridgehead atoms. The van der Waals surface area contributed by atoms with Crippen molar-refractivity contribution in [3.63, 3.8) is 0 Å². The molecule has 1 aromatic heterocycles. The molecule has 0 saturated carbocycles. The molecule has 6 nitrogen and oxygen atoms in total. The van der Waals surface area contributed by atoms with Gasteiger partial charge in [-0.1, -0.05) is 0 Å². The zero-order chi connectivity index (χ0) is 14.5. The van der Waals surface area contributed by atoms with Crippen molar-refractivity contribution in [1.82, 2.24) is 20.6 Å². The van der Waals surface area contributed by atoms with Crippen LogP contribution in [0.5, 0.6) is 0 Å². The van der Waals surface area contributed by atoms with Crippen molar-refractivity contribution in [2.75, 3.05) is 31.1 Å². The number of anilines is 1. The number of rotatable bonds is 3. The fraction of sp³-hybridized carbons (Fsp3) is 0.667. The molecule has 2 aliphatic heterocycles. The topological polar surface area (TPSA) is 70.2 Å². The first-order valence-electron chi connectivity index (χ1n) is 7.85. The van der Waals surface area contributed by atoms with Gasteiger partial charge in [0.25, 0.3) is 0 Å². The normalized spacial score (nSPS) is 23.8. The fourth-order valence-corrected chi connectivity index (χ4v) is 3.12. The standard InChI is InChI=1S/C15H23N5O/c21-15(19-13-2-1-5-16-10-13)12-3-8-20(9-4-12)14-11-17-6-7-18-14/h6-7,11-13,16H,1-5,8-10H2,(H,19,21)/t13-/m0/s1. The number of aromatic nitrogens is 2. The minimum Gasteiger partial charge on any atom is -0.355 e. The summed E-state index contributed by atoms with van der Waals surface area (Å²) >= 11 is 0. The molecular formula is C15H23N5O. The summed E-state index contributed by atoms with van der Waals surface area (Å²) in [6, 6.07) is 0.310.